The third kappa shape index (κ3) is 1.65. The second-order valence-electron chi connectivity index (χ2n) is 2.83. The van der Waals surface area contributed by atoms with Crippen LogP contribution in [0.2, 0.25) is 0 Å². The van der Waals surface area contributed by atoms with Gasteiger partial charge in [-0.25, -0.2) is 0 Å². The van der Waals surface area contributed by atoms with Crippen LogP contribution in [0.1, 0.15) is 18.9 Å². The Kier molecular flexibility index (Phi) is 2.84. The Balaban J connectivity index is 2.95. The molecule has 1 aromatic carbocycles. The molecule has 1 rings (SSSR count). The standard InChI is InChI=1S/C10H15NO/c1-3-10(12,11-2)9-7-5-4-6-8-9/h4-8,11-12H,3H2,1-2H3/t10-/m0/s1. The first kappa shape index (κ1) is 9.23. The summed E-state index contributed by atoms with van der Waals surface area (Å²) in [6.45, 7) is 1.95. The van der Waals surface area contributed by atoms with E-state index in [1.807, 2.05) is 37.3 Å². The molecule has 0 aromatic heterocycles. The smallest absolute Gasteiger partial charge is 0.141 e. The lowest BCUT2D eigenvalue weighted by Gasteiger charge is -2.26. The number of nitrogens with one attached hydrogen (secondary N) is 1. The first-order chi connectivity index (χ1) is 5.73. The summed E-state index contributed by atoms with van der Waals surface area (Å²) >= 11 is 0. The van der Waals surface area contributed by atoms with Gasteiger partial charge in [0.2, 0.25) is 0 Å². The van der Waals surface area contributed by atoms with Gasteiger partial charge < -0.3 is 5.11 Å². The van der Waals surface area contributed by atoms with Crippen LogP contribution in [0.5, 0.6) is 0 Å². The predicted molar refractivity (Wildman–Crippen MR) is 49.7 cm³/mol. The van der Waals surface area contributed by atoms with Crippen LogP contribution in [0.25, 0.3) is 0 Å². The van der Waals surface area contributed by atoms with Crippen LogP contribution in [0.15, 0.2) is 30.3 Å². The highest BCUT2D eigenvalue weighted by atomic mass is 16.3. The van der Waals surface area contributed by atoms with Crippen molar-refractivity contribution in [2.75, 3.05) is 7.05 Å². The van der Waals surface area contributed by atoms with Gasteiger partial charge in [0, 0.05) is 0 Å². The zero-order valence-electron chi connectivity index (χ0n) is 7.54. The van der Waals surface area contributed by atoms with Crippen molar-refractivity contribution in [3.63, 3.8) is 0 Å². The van der Waals surface area contributed by atoms with Crippen LogP contribution in [0, 0.1) is 0 Å². The number of benzene rings is 1. The highest BCUT2D eigenvalue weighted by Gasteiger charge is 2.23. The van der Waals surface area contributed by atoms with Crippen molar-refractivity contribution in [2.24, 2.45) is 0 Å². The van der Waals surface area contributed by atoms with Gasteiger partial charge in [-0.05, 0) is 19.0 Å². The van der Waals surface area contributed by atoms with Gasteiger partial charge in [0.05, 0.1) is 0 Å². The summed E-state index contributed by atoms with van der Waals surface area (Å²) in [6.07, 6.45) is 0.660. The summed E-state index contributed by atoms with van der Waals surface area (Å²) in [6, 6.07) is 9.62. The second-order valence-corrected chi connectivity index (χ2v) is 2.83. The Bertz CT molecular complexity index is 229. The van der Waals surface area contributed by atoms with E-state index in [9.17, 15) is 5.11 Å². The van der Waals surface area contributed by atoms with E-state index in [4.69, 9.17) is 0 Å². The maximum atomic E-state index is 9.99. The monoisotopic (exact) mass is 165 g/mol. The van der Waals surface area contributed by atoms with Crippen LogP contribution in [0.4, 0.5) is 0 Å². The van der Waals surface area contributed by atoms with Gasteiger partial charge in [0.25, 0.3) is 0 Å². The zero-order chi connectivity index (χ0) is 9.03. The van der Waals surface area contributed by atoms with Crippen LogP contribution in [-0.4, -0.2) is 12.2 Å². The van der Waals surface area contributed by atoms with Crippen molar-refractivity contribution >= 4 is 0 Å². The lowest BCUT2D eigenvalue weighted by atomic mass is 10.0. The molecule has 0 saturated carbocycles. The topological polar surface area (TPSA) is 32.3 Å². The lowest BCUT2D eigenvalue weighted by Crippen LogP contribution is -2.38. The first-order valence-corrected chi connectivity index (χ1v) is 4.19. The first-order valence-electron chi connectivity index (χ1n) is 4.19. The molecule has 66 valence electrons. The van der Waals surface area contributed by atoms with Crippen molar-refractivity contribution in [3.05, 3.63) is 35.9 Å². The van der Waals surface area contributed by atoms with Crippen molar-refractivity contribution in [2.45, 2.75) is 19.1 Å². The molecule has 0 spiro atoms. The molecule has 0 bridgehead atoms. The summed E-state index contributed by atoms with van der Waals surface area (Å²) < 4.78 is 0. The van der Waals surface area contributed by atoms with Crippen LogP contribution < -0.4 is 5.32 Å². The fourth-order valence-corrected chi connectivity index (χ4v) is 1.24. The molecule has 0 aliphatic rings. The summed E-state index contributed by atoms with van der Waals surface area (Å²) in [7, 11) is 1.76. The third-order valence-electron chi connectivity index (χ3n) is 2.18. The molecule has 2 heteroatoms. The summed E-state index contributed by atoms with van der Waals surface area (Å²) in [5, 5.41) is 12.9. The fraction of sp³-hybridized carbons (Fsp3) is 0.400. The summed E-state index contributed by atoms with van der Waals surface area (Å²) in [4.78, 5) is 0. The number of rotatable bonds is 3. The molecule has 1 aromatic rings. The average molecular weight is 165 g/mol. The molecular weight excluding hydrogens is 150 g/mol. The minimum Gasteiger partial charge on any atom is -0.372 e. The van der Waals surface area contributed by atoms with Gasteiger partial charge in [-0.3, -0.25) is 5.32 Å². The molecule has 0 heterocycles. The molecule has 2 N–H and O–H groups in total. The largest absolute Gasteiger partial charge is 0.372 e. The van der Waals surface area contributed by atoms with E-state index in [2.05, 4.69) is 5.32 Å². The van der Waals surface area contributed by atoms with E-state index in [1.54, 1.807) is 7.05 Å². The van der Waals surface area contributed by atoms with Gasteiger partial charge in [-0.2, -0.15) is 0 Å². The van der Waals surface area contributed by atoms with E-state index in [-0.39, 0.29) is 0 Å². The summed E-state index contributed by atoms with van der Waals surface area (Å²) in [5.74, 6) is 0. The highest BCUT2D eigenvalue weighted by Crippen LogP contribution is 2.20. The van der Waals surface area contributed by atoms with Gasteiger partial charge in [-0.15, -0.1) is 0 Å². The normalized spacial score (nSPS) is 15.6. The molecular formula is C10H15NO. The maximum absolute atomic E-state index is 9.99. The van der Waals surface area contributed by atoms with E-state index >= 15 is 0 Å². The van der Waals surface area contributed by atoms with E-state index in [0.717, 1.165) is 5.56 Å². The molecule has 0 radical (unpaired) electrons. The molecule has 12 heavy (non-hydrogen) atoms. The molecule has 0 aliphatic heterocycles. The molecule has 0 fully saturated rings. The van der Waals surface area contributed by atoms with Crippen molar-refractivity contribution < 1.29 is 5.11 Å². The van der Waals surface area contributed by atoms with Crippen LogP contribution in [-0.2, 0) is 5.72 Å². The molecule has 2 nitrogen and oxygen atoms in total. The number of aliphatic hydroxyl groups is 1. The average Bonchev–Trinajstić information content (AvgIpc) is 2.18. The Hall–Kier alpha value is -0.860. The fourth-order valence-electron chi connectivity index (χ4n) is 1.24. The lowest BCUT2D eigenvalue weighted by molar-refractivity contribution is 0.00413. The van der Waals surface area contributed by atoms with E-state index in [0.29, 0.717) is 6.42 Å². The van der Waals surface area contributed by atoms with Gasteiger partial charge in [-0.1, -0.05) is 37.3 Å². The highest BCUT2D eigenvalue weighted by molar-refractivity contribution is 5.21. The third-order valence-corrected chi connectivity index (χ3v) is 2.18. The Morgan fingerprint density at radius 2 is 1.92 bits per heavy atom. The van der Waals surface area contributed by atoms with Crippen molar-refractivity contribution in [1.29, 1.82) is 0 Å². The zero-order valence-corrected chi connectivity index (χ0v) is 7.54. The number of hydrogen-bond donors (Lipinski definition) is 2. The van der Waals surface area contributed by atoms with Crippen molar-refractivity contribution in [1.82, 2.24) is 5.32 Å². The Labute approximate surface area is 73.2 Å². The SMILES string of the molecule is CC[C@@](O)(NC)c1ccccc1. The van der Waals surface area contributed by atoms with Gasteiger partial charge in [0.1, 0.15) is 5.72 Å². The predicted octanol–water partition coefficient (Wildman–Crippen LogP) is 1.46. The van der Waals surface area contributed by atoms with Crippen LogP contribution in [0.3, 0.4) is 0 Å². The second kappa shape index (κ2) is 3.70. The molecule has 0 saturated heterocycles. The molecule has 1 atom stereocenters. The quantitative estimate of drug-likeness (QED) is 0.665. The maximum Gasteiger partial charge on any atom is 0.141 e. The molecule has 0 aliphatic carbocycles. The van der Waals surface area contributed by atoms with Gasteiger partial charge in [0.15, 0.2) is 0 Å². The molecule has 0 amide bonds. The van der Waals surface area contributed by atoms with Gasteiger partial charge >= 0.3 is 0 Å². The molecule has 0 unspecified atom stereocenters. The summed E-state index contributed by atoms with van der Waals surface area (Å²) in [5.41, 5.74) is 0.0383. The number of hydrogen-bond acceptors (Lipinski definition) is 2. The minimum atomic E-state index is -0.874. The Morgan fingerprint density at radius 3 is 2.33 bits per heavy atom. The van der Waals surface area contributed by atoms with E-state index in [1.165, 1.54) is 0 Å². The Morgan fingerprint density at radius 1 is 1.33 bits per heavy atom. The van der Waals surface area contributed by atoms with Crippen LogP contribution >= 0.6 is 0 Å². The minimum absolute atomic E-state index is 0.660. The van der Waals surface area contributed by atoms with Crippen molar-refractivity contribution in [3.8, 4) is 0 Å². The van der Waals surface area contributed by atoms with E-state index < -0.39 is 5.72 Å².